The van der Waals surface area contributed by atoms with E-state index in [1.165, 1.54) is 0 Å². The average Bonchev–Trinajstić information content (AvgIpc) is 2.24. The van der Waals surface area contributed by atoms with Gasteiger partial charge in [-0.3, -0.25) is 0 Å². The number of nitriles is 1. The summed E-state index contributed by atoms with van der Waals surface area (Å²) < 4.78 is 5.60. The smallest absolute Gasteiger partial charge is 0.137 e. The summed E-state index contributed by atoms with van der Waals surface area (Å²) in [7, 11) is 0. The topological polar surface area (TPSA) is 59.0 Å². The molecule has 1 aromatic carbocycles. The third kappa shape index (κ3) is 4.78. The van der Waals surface area contributed by atoms with Gasteiger partial charge in [0.05, 0.1) is 12.2 Å². The van der Waals surface area contributed by atoms with Crippen molar-refractivity contribution in [3.8, 4) is 11.8 Å². The predicted molar refractivity (Wildman–Crippen MR) is 69.8 cm³/mol. The van der Waals surface area contributed by atoms with E-state index in [1.54, 1.807) is 18.2 Å². The third-order valence-electron chi connectivity index (χ3n) is 2.45. The first-order chi connectivity index (χ1) is 7.92. The van der Waals surface area contributed by atoms with Crippen molar-refractivity contribution >= 4 is 5.69 Å². The molecular weight excluding hydrogens is 212 g/mol. The molecule has 0 spiro atoms. The first-order valence-corrected chi connectivity index (χ1v) is 5.85. The minimum Gasteiger partial charge on any atom is -0.492 e. The first kappa shape index (κ1) is 13.4. The van der Waals surface area contributed by atoms with Crippen molar-refractivity contribution in [3.05, 3.63) is 23.8 Å². The predicted octanol–water partition coefficient (Wildman–Crippen LogP) is 3.35. The number of hydrogen-bond acceptors (Lipinski definition) is 3. The average molecular weight is 232 g/mol. The molecule has 0 radical (unpaired) electrons. The van der Waals surface area contributed by atoms with Gasteiger partial charge in [-0.1, -0.05) is 20.8 Å². The summed E-state index contributed by atoms with van der Waals surface area (Å²) in [6.45, 7) is 7.25. The summed E-state index contributed by atoms with van der Waals surface area (Å²) >= 11 is 0. The summed E-state index contributed by atoms with van der Waals surface area (Å²) in [4.78, 5) is 0. The minimum atomic E-state index is 0.322. The second-order valence-corrected chi connectivity index (χ2v) is 5.38. The molecule has 0 aliphatic carbocycles. The van der Waals surface area contributed by atoms with Crippen LogP contribution < -0.4 is 10.5 Å². The van der Waals surface area contributed by atoms with Gasteiger partial charge in [0, 0.05) is 5.69 Å². The van der Waals surface area contributed by atoms with Gasteiger partial charge in [-0.15, -0.1) is 0 Å². The lowest BCUT2D eigenvalue weighted by atomic mass is 9.91. The molecule has 2 N–H and O–H groups in total. The van der Waals surface area contributed by atoms with E-state index in [9.17, 15) is 0 Å². The van der Waals surface area contributed by atoms with Crippen LogP contribution in [0.1, 0.15) is 39.2 Å². The van der Waals surface area contributed by atoms with Crippen LogP contribution in [0.15, 0.2) is 18.2 Å². The van der Waals surface area contributed by atoms with Crippen LogP contribution in [-0.4, -0.2) is 6.61 Å². The molecule has 0 amide bonds. The lowest BCUT2D eigenvalue weighted by Crippen LogP contribution is -2.08. The SMILES string of the molecule is CC(C)(C)CCCOc1ccc(N)cc1C#N. The van der Waals surface area contributed by atoms with Crippen molar-refractivity contribution in [2.75, 3.05) is 12.3 Å². The van der Waals surface area contributed by atoms with E-state index in [0.717, 1.165) is 12.8 Å². The quantitative estimate of drug-likeness (QED) is 0.639. The van der Waals surface area contributed by atoms with Crippen molar-refractivity contribution in [2.45, 2.75) is 33.6 Å². The van der Waals surface area contributed by atoms with Crippen molar-refractivity contribution in [3.63, 3.8) is 0 Å². The molecule has 17 heavy (non-hydrogen) atoms. The lowest BCUT2D eigenvalue weighted by Gasteiger charge is -2.17. The summed E-state index contributed by atoms with van der Waals surface area (Å²) in [6, 6.07) is 7.23. The molecule has 0 heterocycles. The highest BCUT2D eigenvalue weighted by Gasteiger charge is 2.10. The number of ether oxygens (including phenoxy) is 1. The maximum absolute atomic E-state index is 8.94. The Bertz CT molecular complexity index is 413. The Balaban J connectivity index is 2.50. The Morgan fingerprint density at radius 3 is 2.65 bits per heavy atom. The lowest BCUT2D eigenvalue weighted by molar-refractivity contribution is 0.268. The number of benzene rings is 1. The Kier molecular flexibility index (Phi) is 4.39. The zero-order valence-corrected chi connectivity index (χ0v) is 10.8. The number of anilines is 1. The summed E-state index contributed by atoms with van der Waals surface area (Å²) in [6.07, 6.45) is 2.09. The number of nitrogens with two attached hydrogens (primary N) is 1. The molecule has 1 rings (SSSR count). The van der Waals surface area contributed by atoms with Crippen LogP contribution >= 0.6 is 0 Å². The monoisotopic (exact) mass is 232 g/mol. The number of nitrogens with zero attached hydrogens (tertiary/aromatic N) is 1. The molecule has 0 unspecified atom stereocenters. The van der Waals surface area contributed by atoms with Gasteiger partial charge in [-0.2, -0.15) is 5.26 Å². The van der Waals surface area contributed by atoms with Gasteiger partial charge in [-0.05, 0) is 36.5 Å². The second-order valence-electron chi connectivity index (χ2n) is 5.38. The van der Waals surface area contributed by atoms with E-state index in [-0.39, 0.29) is 0 Å². The van der Waals surface area contributed by atoms with E-state index in [1.807, 2.05) is 0 Å². The molecule has 0 aliphatic heterocycles. The van der Waals surface area contributed by atoms with Crippen LogP contribution in [-0.2, 0) is 0 Å². The van der Waals surface area contributed by atoms with E-state index in [0.29, 0.717) is 29.0 Å². The van der Waals surface area contributed by atoms with Gasteiger partial charge in [0.15, 0.2) is 0 Å². The summed E-state index contributed by atoms with van der Waals surface area (Å²) in [5, 5.41) is 8.94. The molecule has 0 atom stereocenters. The fourth-order valence-corrected chi connectivity index (χ4v) is 1.55. The Labute approximate surface area is 103 Å². The molecular formula is C14H20N2O. The van der Waals surface area contributed by atoms with E-state index in [4.69, 9.17) is 15.7 Å². The molecule has 0 saturated heterocycles. The number of nitrogen functional groups attached to an aromatic ring is 1. The van der Waals surface area contributed by atoms with Gasteiger partial charge in [-0.25, -0.2) is 0 Å². The van der Waals surface area contributed by atoms with Gasteiger partial charge in [0.25, 0.3) is 0 Å². The largest absolute Gasteiger partial charge is 0.492 e. The van der Waals surface area contributed by atoms with Gasteiger partial charge in [0.2, 0.25) is 0 Å². The highest BCUT2D eigenvalue weighted by molar-refractivity contribution is 5.53. The molecule has 0 aliphatic rings. The van der Waals surface area contributed by atoms with Gasteiger partial charge in [0.1, 0.15) is 11.8 Å². The highest BCUT2D eigenvalue weighted by Crippen LogP contribution is 2.23. The molecule has 1 aromatic rings. The van der Waals surface area contributed by atoms with Crippen LogP contribution in [0.5, 0.6) is 5.75 Å². The van der Waals surface area contributed by atoms with Crippen LogP contribution in [0.2, 0.25) is 0 Å². The van der Waals surface area contributed by atoms with E-state index in [2.05, 4.69) is 26.8 Å². The molecule has 0 aromatic heterocycles. The van der Waals surface area contributed by atoms with Crippen molar-refractivity contribution < 1.29 is 4.74 Å². The van der Waals surface area contributed by atoms with Gasteiger partial charge >= 0.3 is 0 Å². The fourth-order valence-electron chi connectivity index (χ4n) is 1.55. The molecule has 3 nitrogen and oxygen atoms in total. The first-order valence-electron chi connectivity index (χ1n) is 5.85. The second kappa shape index (κ2) is 5.58. The normalized spacial score (nSPS) is 10.9. The molecule has 0 fully saturated rings. The maximum Gasteiger partial charge on any atom is 0.137 e. The summed E-state index contributed by atoms with van der Waals surface area (Å²) in [5.74, 6) is 0.621. The van der Waals surface area contributed by atoms with E-state index >= 15 is 0 Å². The van der Waals surface area contributed by atoms with Crippen LogP contribution in [0, 0.1) is 16.7 Å². The minimum absolute atomic E-state index is 0.322. The molecule has 92 valence electrons. The van der Waals surface area contributed by atoms with Crippen LogP contribution in [0.25, 0.3) is 0 Å². The molecule has 0 saturated carbocycles. The summed E-state index contributed by atoms with van der Waals surface area (Å²) in [5.41, 5.74) is 7.02. The Hall–Kier alpha value is -1.69. The third-order valence-corrected chi connectivity index (χ3v) is 2.45. The number of rotatable bonds is 4. The van der Waals surface area contributed by atoms with Crippen molar-refractivity contribution in [2.24, 2.45) is 5.41 Å². The fraction of sp³-hybridized carbons (Fsp3) is 0.500. The highest BCUT2D eigenvalue weighted by atomic mass is 16.5. The molecule has 3 heteroatoms. The van der Waals surface area contributed by atoms with Crippen molar-refractivity contribution in [1.82, 2.24) is 0 Å². The van der Waals surface area contributed by atoms with Gasteiger partial charge < -0.3 is 10.5 Å². The van der Waals surface area contributed by atoms with E-state index < -0.39 is 0 Å². The molecule has 0 bridgehead atoms. The Morgan fingerprint density at radius 1 is 1.35 bits per heavy atom. The van der Waals surface area contributed by atoms with Crippen LogP contribution in [0.4, 0.5) is 5.69 Å². The Morgan fingerprint density at radius 2 is 2.06 bits per heavy atom. The van der Waals surface area contributed by atoms with Crippen LogP contribution in [0.3, 0.4) is 0 Å². The standard InChI is InChI=1S/C14H20N2O/c1-14(2,3)7-4-8-17-13-6-5-12(16)9-11(13)10-15/h5-6,9H,4,7-8,16H2,1-3H3. The maximum atomic E-state index is 8.94. The zero-order valence-electron chi connectivity index (χ0n) is 10.8. The number of hydrogen-bond donors (Lipinski definition) is 1. The zero-order chi connectivity index (χ0) is 12.9. The van der Waals surface area contributed by atoms with Crippen molar-refractivity contribution in [1.29, 1.82) is 5.26 Å².